The number of hydrogen-bond acceptors (Lipinski definition) is 9. The minimum atomic E-state index is -2.12. The molecule has 3 unspecified atom stereocenters. The predicted molar refractivity (Wildman–Crippen MR) is 194 cm³/mol. The summed E-state index contributed by atoms with van der Waals surface area (Å²) in [6.07, 6.45) is 2.35. The zero-order chi connectivity index (χ0) is 34.8. The zero-order valence-corrected chi connectivity index (χ0v) is 32.3. The quantitative estimate of drug-likeness (QED) is 0.139. The summed E-state index contributed by atoms with van der Waals surface area (Å²) < 4.78 is 28.8. The van der Waals surface area contributed by atoms with Gasteiger partial charge in [0.05, 0.1) is 12.7 Å². The second-order valence-electron chi connectivity index (χ2n) is 15.3. The van der Waals surface area contributed by atoms with Crippen LogP contribution in [-0.2, 0) is 20.2 Å². The molecule has 4 aromatic rings. The molecule has 3 atom stereocenters. The molecule has 0 fully saturated rings. The molecule has 0 saturated carbocycles. The van der Waals surface area contributed by atoms with Crippen LogP contribution in [0.15, 0.2) is 54.9 Å². The van der Waals surface area contributed by atoms with E-state index in [0.717, 1.165) is 11.1 Å². The standard InChI is InChI=1S/C35H54N6O4Si2/c1-24(45-47(11,12)35(6,7)8)28(23-43-46(9,10)34(3,4)5)44-25(2)41-30(27-18-20-37-21-19-27)38-29-31(41)39-33(36)40-32(29)42-22-26-16-14-13-15-17-26/h13-21,24-25,28H,22-23H2,1-12H3,(H2,36,39,40). The number of hydrogen-bond donors (Lipinski definition) is 1. The minimum Gasteiger partial charge on any atom is -0.471 e. The van der Waals surface area contributed by atoms with Gasteiger partial charge in [-0.3, -0.25) is 9.55 Å². The van der Waals surface area contributed by atoms with Gasteiger partial charge in [-0.05, 0) is 67.8 Å². The van der Waals surface area contributed by atoms with Crippen LogP contribution < -0.4 is 10.5 Å². The minimum absolute atomic E-state index is 0.0391. The van der Waals surface area contributed by atoms with Crippen molar-refractivity contribution >= 4 is 33.7 Å². The maximum atomic E-state index is 6.96. The number of nitrogens with zero attached hydrogens (tertiary/aromatic N) is 5. The summed E-state index contributed by atoms with van der Waals surface area (Å²) in [6, 6.07) is 13.7. The van der Waals surface area contributed by atoms with E-state index in [1.54, 1.807) is 12.4 Å². The van der Waals surface area contributed by atoms with E-state index in [1.165, 1.54) is 0 Å². The molecule has 47 heavy (non-hydrogen) atoms. The summed E-state index contributed by atoms with van der Waals surface area (Å²) in [5, 5.41) is 0.0870. The predicted octanol–water partition coefficient (Wildman–Crippen LogP) is 8.39. The van der Waals surface area contributed by atoms with Crippen molar-refractivity contribution in [3.05, 3.63) is 60.4 Å². The Balaban J connectivity index is 1.76. The Hall–Kier alpha value is -3.17. The van der Waals surface area contributed by atoms with Crippen molar-refractivity contribution in [3.8, 4) is 17.3 Å². The van der Waals surface area contributed by atoms with Gasteiger partial charge in [0.25, 0.3) is 0 Å². The first-order valence-electron chi connectivity index (χ1n) is 16.4. The Bertz CT molecular complexity index is 1620. The molecule has 4 rings (SSSR count). The molecule has 3 heterocycles. The SMILES string of the molecule is CC(O[Si](C)(C)C(C)(C)C)C(CO[Si](C)(C)C(C)(C)C)OC(C)n1c(-c2ccncc2)nc2c(OCc3ccccc3)nc(N)nc21. The van der Waals surface area contributed by atoms with Crippen LogP contribution in [0, 0.1) is 0 Å². The fraction of sp³-hybridized carbons (Fsp3) is 0.543. The van der Waals surface area contributed by atoms with Crippen molar-refractivity contribution in [2.45, 2.75) is 117 Å². The highest BCUT2D eigenvalue weighted by molar-refractivity contribution is 6.74. The molecule has 3 aromatic heterocycles. The third-order valence-corrected chi connectivity index (χ3v) is 18.7. The summed E-state index contributed by atoms with van der Waals surface area (Å²) in [7, 11) is -4.21. The number of anilines is 1. The van der Waals surface area contributed by atoms with E-state index < -0.39 is 22.9 Å². The Labute approximate surface area is 282 Å². The third-order valence-electron chi connectivity index (χ3n) is 9.64. The van der Waals surface area contributed by atoms with Gasteiger partial charge in [0.15, 0.2) is 27.8 Å². The number of aromatic nitrogens is 5. The largest absolute Gasteiger partial charge is 0.471 e. The number of fused-ring (bicyclic) bond motifs is 1. The lowest BCUT2D eigenvalue weighted by molar-refractivity contribution is -0.104. The van der Waals surface area contributed by atoms with Crippen LogP contribution in [0.5, 0.6) is 5.88 Å². The van der Waals surface area contributed by atoms with E-state index in [1.807, 2.05) is 54.0 Å². The molecule has 0 aliphatic rings. The van der Waals surface area contributed by atoms with Gasteiger partial charge in [-0.25, -0.2) is 4.98 Å². The molecule has 256 valence electrons. The third kappa shape index (κ3) is 8.66. The van der Waals surface area contributed by atoms with Gasteiger partial charge < -0.3 is 24.1 Å². The maximum Gasteiger partial charge on any atom is 0.247 e. The van der Waals surface area contributed by atoms with Crippen LogP contribution in [0.2, 0.25) is 36.3 Å². The highest BCUT2D eigenvalue weighted by Crippen LogP contribution is 2.40. The number of rotatable bonds is 13. The Morgan fingerprint density at radius 2 is 1.45 bits per heavy atom. The molecule has 0 bridgehead atoms. The van der Waals surface area contributed by atoms with Crippen LogP contribution in [0.4, 0.5) is 5.95 Å². The van der Waals surface area contributed by atoms with Gasteiger partial charge in [0.1, 0.15) is 24.8 Å². The van der Waals surface area contributed by atoms with Gasteiger partial charge in [0, 0.05) is 18.0 Å². The Morgan fingerprint density at radius 3 is 2.04 bits per heavy atom. The monoisotopic (exact) mass is 678 g/mol. The molecule has 10 nitrogen and oxygen atoms in total. The lowest BCUT2D eigenvalue weighted by Crippen LogP contribution is -2.50. The number of imidazole rings is 1. The van der Waals surface area contributed by atoms with Crippen molar-refractivity contribution in [3.63, 3.8) is 0 Å². The van der Waals surface area contributed by atoms with E-state index in [9.17, 15) is 0 Å². The second-order valence-corrected chi connectivity index (χ2v) is 24.9. The Morgan fingerprint density at radius 1 is 0.830 bits per heavy atom. The summed E-state index contributed by atoms with van der Waals surface area (Å²) in [6.45, 7) is 27.3. The smallest absolute Gasteiger partial charge is 0.247 e. The molecular weight excluding hydrogens is 625 g/mol. The molecule has 0 amide bonds. The van der Waals surface area contributed by atoms with Gasteiger partial charge in [-0.2, -0.15) is 9.97 Å². The van der Waals surface area contributed by atoms with Crippen molar-refractivity contribution < 1.29 is 18.3 Å². The average Bonchev–Trinajstić information content (AvgIpc) is 3.37. The number of benzene rings is 1. The van der Waals surface area contributed by atoms with Crippen molar-refractivity contribution in [1.29, 1.82) is 0 Å². The van der Waals surface area contributed by atoms with Crippen molar-refractivity contribution in [2.24, 2.45) is 0 Å². The van der Waals surface area contributed by atoms with Crippen molar-refractivity contribution in [1.82, 2.24) is 24.5 Å². The highest BCUT2D eigenvalue weighted by Gasteiger charge is 2.42. The Kier molecular flexibility index (Phi) is 11.0. The van der Waals surface area contributed by atoms with E-state index in [2.05, 4.69) is 89.6 Å². The van der Waals surface area contributed by atoms with Crippen LogP contribution in [0.3, 0.4) is 0 Å². The molecule has 0 aliphatic carbocycles. The van der Waals surface area contributed by atoms with Crippen molar-refractivity contribution in [2.75, 3.05) is 12.3 Å². The van der Waals surface area contributed by atoms with E-state index >= 15 is 0 Å². The van der Waals surface area contributed by atoms with Crippen LogP contribution in [-0.4, -0.2) is 60.0 Å². The lowest BCUT2D eigenvalue weighted by Gasteiger charge is -2.42. The number of ether oxygens (including phenoxy) is 2. The number of nitrogen functional groups attached to an aromatic ring is 1. The van der Waals surface area contributed by atoms with Crippen LogP contribution in [0.25, 0.3) is 22.6 Å². The normalized spacial score (nSPS) is 15.1. The molecule has 0 spiro atoms. The zero-order valence-electron chi connectivity index (χ0n) is 30.3. The molecule has 0 saturated heterocycles. The molecule has 0 radical (unpaired) electrons. The first-order chi connectivity index (χ1) is 21.8. The first kappa shape index (κ1) is 36.7. The summed E-state index contributed by atoms with van der Waals surface area (Å²) >= 11 is 0. The van der Waals surface area contributed by atoms with Crippen LogP contribution >= 0.6 is 0 Å². The summed E-state index contributed by atoms with van der Waals surface area (Å²) in [5.74, 6) is 1.04. The van der Waals surface area contributed by atoms with Gasteiger partial charge in [-0.1, -0.05) is 71.9 Å². The van der Waals surface area contributed by atoms with Gasteiger partial charge in [-0.15, -0.1) is 0 Å². The van der Waals surface area contributed by atoms with E-state index in [4.69, 9.17) is 29.0 Å². The average molecular weight is 679 g/mol. The fourth-order valence-electron chi connectivity index (χ4n) is 4.66. The van der Waals surface area contributed by atoms with Crippen LogP contribution in [0.1, 0.15) is 67.2 Å². The van der Waals surface area contributed by atoms with Gasteiger partial charge >= 0.3 is 0 Å². The summed E-state index contributed by atoms with van der Waals surface area (Å²) in [5.41, 5.74) is 9.15. The molecule has 12 heteroatoms. The first-order valence-corrected chi connectivity index (χ1v) is 22.2. The molecular formula is C35H54N6O4Si2. The van der Waals surface area contributed by atoms with Gasteiger partial charge in [0.2, 0.25) is 11.8 Å². The fourth-order valence-corrected chi connectivity index (χ4v) is 7.11. The van der Waals surface area contributed by atoms with E-state index in [0.29, 0.717) is 36.1 Å². The molecule has 1 aromatic carbocycles. The summed E-state index contributed by atoms with van der Waals surface area (Å²) in [4.78, 5) is 18.3. The second kappa shape index (κ2) is 14.1. The lowest BCUT2D eigenvalue weighted by atomic mass is 10.2. The molecule has 0 aliphatic heterocycles. The number of pyridine rings is 1. The highest BCUT2D eigenvalue weighted by atomic mass is 28.4. The van der Waals surface area contributed by atoms with E-state index in [-0.39, 0.29) is 28.2 Å². The topological polar surface area (TPSA) is 119 Å². The molecule has 2 N–H and O–H groups in total. The number of nitrogens with two attached hydrogens (primary N) is 1. The maximum absolute atomic E-state index is 6.96.